The third-order valence-electron chi connectivity index (χ3n) is 14.1. The van der Waals surface area contributed by atoms with Crippen LogP contribution in [0.15, 0.2) is 29.0 Å². The molecule has 0 bridgehead atoms. The van der Waals surface area contributed by atoms with Crippen molar-refractivity contribution in [1.29, 1.82) is 0 Å². The monoisotopic (exact) mass is 654 g/mol. The maximum absolute atomic E-state index is 10.6. The minimum absolute atomic E-state index is 0.135. The molecule has 0 radical (unpaired) electrons. The first-order chi connectivity index (χ1) is 22.4. The molecule has 0 unspecified atom stereocenters. The van der Waals surface area contributed by atoms with Gasteiger partial charge in [-0.15, -0.1) is 5.10 Å². The summed E-state index contributed by atoms with van der Waals surface area (Å²) in [4.78, 5) is 2.52. The van der Waals surface area contributed by atoms with Crippen LogP contribution in [-0.2, 0) is 16.0 Å². The molecule has 5 N–H and O–H groups in total. The van der Waals surface area contributed by atoms with Crippen LogP contribution in [0.5, 0.6) is 0 Å². The molecule has 5 fully saturated rings. The molecule has 1 aromatic heterocycles. The number of aliphatic hydroxyl groups is 5. The van der Waals surface area contributed by atoms with Crippen LogP contribution in [0, 0.1) is 35.0 Å². The second-order valence-electron chi connectivity index (χ2n) is 16.6. The van der Waals surface area contributed by atoms with Crippen molar-refractivity contribution in [2.45, 2.75) is 140 Å². The van der Waals surface area contributed by atoms with E-state index in [1.807, 2.05) is 0 Å². The van der Waals surface area contributed by atoms with E-state index in [2.05, 4.69) is 49.0 Å². The molecule has 7 aliphatic rings. The van der Waals surface area contributed by atoms with E-state index in [-0.39, 0.29) is 29.3 Å². The minimum atomic E-state index is -1.47. The molecule has 4 heterocycles. The van der Waals surface area contributed by atoms with Crippen molar-refractivity contribution in [2.75, 3.05) is 13.2 Å². The maximum Gasteiger partial charge on any atom is 0.180 e. The van der Waals surface area contributed by atoms with E-state index in [1.54, 1.807) is 11.8 Å². The Labute approximate surface area is 277 Å². The molecule has 260 valence electrons. The third kappa shape index (κ3) is 4.89. The number of ether oxygens (including phenoxy) is 2. The molecule has 11 heteroatoms. The summed E-state index contributed by atoms with van der Waals surface area (Å²) in [6.07, 6.45) is 6.27. The number of aliphatic hydroxyl groups excluding tert-OH is 5. The lowest BCUT2D eigenvalue weighted by atomic mass is 9.56. The Hall–Kier alpha value is -1.70. The summed E-state index contributed by atoms with van der Waals surface area (Å²) >= 11 is 0. The van der Waals surface area contributed by atoms with Gasteiger partial charge >= 0.3 is 0 Å². The fourth-order valence-electron chi connectivity index (χ4n) is 11.7. The van der Waals surface area contributed by atoms with E-state index in [0.29, 0.717) is 36.1 Å². The van der Waals surface area contributed by atoms with Gasteiger partial charge in [0.25, 0.3) is 0 Å². The molecule has 2 saturated carbocycles. The Bertz CT molecular complexity index is 1430. The summed E-state index contributed by atoms with van der Waals surface area (Å²) in [6.45, 7) is 10.6. The van der Waals surface area contributed by atoms with Crippen LogP contribution in [-0.4, -0.2) is 107 Å². The highest BCUT2D eigenvalue weighted by atomic mass is 16.6. The Balaban J connectivity index is 1.03. The van der Waals surface area contributed by atoms with Gasteiger partial charge in [-0.2, -0.15) is 0 Å². The number of likely N-dealkylation sites (tertiary alicyclic amines) is 1. The van der Waals surface area contributed by atoms with Crippen molar-refractivity contribution in [2.24, 2.45) is 35.0 Å². The van der Waals surface area contributed by atoms with Crippen LogP contribution in [0.2, 0.25) is 0 Å². The number of piperidine rings is 1. The van der Waals surface area contributed by atoms with Gasteiger partial charge in [-0.25, -0.2) is 4.68 Å². The highest BCUT2D eigenvalue weighted by Crippen LogP contribution is 2.65. The van der Waals surface area contributed by atoms with Crippen molar-refractivity contribution in [1.82, 2.24) is 19.9 Å². The predicted octanol–water partition coefficient (Wildman–Crippen LogP) is 2.48. The molecule has 4 aliphatic carbocycles. The molecular formula is C36H54N4O7. The van der Waals surface area contributed by atoms with E-state index in [9.17, 15) is 25.5 Å². The molecule has 3 saturated heterocycles. The summed E-state index contributed by atoms with van der Waals surface area (Å²) in [6, 6.07) is 0.241. The third-order valence-corrected chi connectivity index (χ3v) is 14.1. The SMILES string of the molecule is CC1=C2C[C@H]3[C@@H](CC=C4C[C@@H](O)CC[C@@]43C)[C@@H]2CC[C@]12O[C@@H]1C[C@H](C)CN(Cc3cn([C@H]4O[C@@H](CO)[C@@H](O)[C@@H](O)[C@@H]4O)nn3)[C@H]1[C@H]2C. The summed E-state index contributed by atoms with van der Waals surface area (Å²) in [5.74, 6) is 2.76. The number of rotatable bonds is 4. The average Bonchev–Trinajstić information content (AvgIpc) is 3.74. The van der Waals surface area contributed by atoms with E-state index in [4.69, 9.17) is 9.47 Å². The van der Waals surface area contributed by atoms with Gasteiger partial charge in [-0.3, -0.25) is 4.90 Å². The molecule has 15 atom stereocenters. The fourth-order valence-corrected chi connectivity index (χ4v) is 11.7. The number of fused-ring (bicyclic) bond motifs is 6. The van der Waals surface area contributed by atoms with Gasteiger partial charge in [0, 0.05) is 25.0 Å². The number of hydrogen-bond donors (Lipinski definition) is 5. The molecule has 47 heavy (non-hydrogen) atoms. The lowest BCUT2D eigenvalue weighted by Crippen LogP contribution is -2.56. The van der Waals surface area contributed by atoms with Gasteiger partial charge < -0.3 is 35.0 Å². The largest absolute Gasteiger partial charge is 0.394 e. The zero-order valence-electron chi connectivity index (χ0n) is 28.3. The Kier molecular flexibility index (Phi) is 8.08. The van der Waals surface area contributed by atoms with Crippen molar-refractivity contribution >= 4 is 0 Å². The predicted molar refractivity (Wildman–Crippen MR) is 171 cm³/mol. The average molecular weight is 655 g/mol. The summed E-state index contributed by atoms with van der Waals surface area (Å²) in [7, 11) is 0. The first-order valence-corrected chi connectivity index (χ1v) is 18.2. The van der Waals surface area contributed by atoms with Gasteiger partial charge in [0.1, 0.15) is 24.4 Å². The molecule has 0 aromatic carbocycles. The van der Waals surface area contributed by atoms with E-state index >= 15 is 0 Å². The van der Waals surface area contributed by atoms with E-state index in [0.717, 1.165) is 50.8 Å². The van der Waals surface area contributed by atoms with Crippen molar-refractivity contribution in [3.05, 3.63) is 34.7 Å². The van der Waals surface area contributed by atoms with Crippen molar-refractivity contribution in [3.63, 3.8) is 0 Å². The van der Waals surface area contributed by atoms with Crippen LogP contribution in [0.25, 0.3) is 0 Å². The van der Waals surface area contributed by atoms with Crippen molar-refractivity contribution < 1.29 is 35.0 Å². The molecule has 1 spiro atoms. The molecule has 0 amide bonds. The molecule has 11 nitrogen and oxygen atoms in total. The Morgan fingerprint density at radius 1 is 1.04 bits per heavy atom. The second-order valence-corrected chi connectivity index (χ2v) is 16.6. The Morgan fingerprint density at radius 3 is 2.64 bits per heavy atom. The quantitative estimate of drug-likeness (QED) is 0.306. The number of aromatic nitrogens is 3. The summed E-state index contributed by atoms with van der Waals surface area (Å²) < 4.78 is 14.4. The minimum Gasteiger partial charge on any atom is -0.394 e. The summed E-state index contributed by atoms with van der Waals surface area (Å²) in [5.41, 5.74) is 5.35. The van der Waals surface area contributed by atoms with E-state index in [1.165, 1.54) is 28.7 Å². The number of hydrogen-bond acceptors (Lipinski definition) is 10. The zero-order chi connectivity index (χ0) is 33.0. The lowest BCUT2D eigenvalue weighted by Gasteiger charge is -2.49. The molecular weight excluding hydrogens is 600 g/mol. The van der Waals surface area contributed by atoms with Gasteiger partial charge in [-0.1, -0.05) is 43.2 Å². The smallest absolute Gasteiger partial charge is 0.180 e. The van der Waals surface area contributed by atoms with Gasteiger partial charge in [0.15, 0.2) is 6.23 Å². The fraction of sp³-hybridized carbons (Fsp3) is 0.833. The molecule has 8 rings (SSSR count). The lowest BCUT2D eigenvalue weighted by molar-refractivity contribution is -0.254. The first kappa shape index (κ1) is 32.5. The standard InChI is InChI=1S/C36H54N4O7/c1-18-11-28-30(39(14-18)15-22-16-40(38-37-22)34-33(45)32(44)31(43)29(17-41)46-34)20(3)36(47-28)10-8-24-25-6-5-21-12-23(42)7-9-35(21,4)27(25)13-26(24)19(36)2/h5,16,18,20,23-25,27-34,41-45H,6-15,17H2,1-4H3/t18-,20+,23-,24-,25-,27-,28+,29-,30-,31+,32+,33-,34-,35-,36-/m0/s1. The van der Waals surface area contributed by atoms with E-state index < -0.39 is 37.3 Å². The maximum atomic E-state index is 10.6. The van der Waals surface area contributed by atoms with Crippen LogP contribution in [0.3, 0.4) is 0 Å². The number of allylic oxidation sites excluding steroid dienone is 2. The highest BCUT2D eigenvalue weighted by molar-refractivity contribution is 5.38. The molecule has 1 aromatic rings. The van der Waals surface area contributed by atoms with Crippen LogP contribution < -0.4 is 0 Å². The summed E-state index contributed by atoms with van der Waals surface area (Å²) in [5, 5.41) is 59.9. The topological polar surface area (TPSA) is 154 Å². The van der Waals surface area contributed by atoms with Gasteiger partial charge in [0.05, 0.1) is 36.3 Å². The second kappa shape index (κ2) is 11.7. The van der Waals surface area contributed by atoms with Crippen LogP contribution >= 0.6 is 0 Å². The highest BCUT2D eigenvalue weighted by Gasteiger charge is 2.61. The van der Waals surface area contributed by atoms with Gasteiger partial charge in [0.2, 0.25) is 0 Å². The number of nitrogens with zero attached hydrogens (tertiary/aromatic N) is 4. The van der Waals surface area contributed by atoms with Crippen LogP contribution in [0.4, 0.5) is 0 Å². The Morgan fingerprint density at radius 2 is 1.85 bits per heavy atom. The molecule has 3 aliphatic heterocycles. The normalized spacial score (nSPS) is 49.8. The van der Waals surface area contributed by atoms with Crippen LogP contribution in [0.1, 0.15) is 91.0 Å². The zero-order valence-corrected chi connectivity index (χ0v) is 28.3. The van der Waals surface area contributed by atoms with Crippen molar-refractivity contribution in [3.8, 4) is 0 Å². The first-order valence-electron chi connectivity index (χ1n) is 18.2. The van der Waals surface area contributed by atoms with Gasteiger partial charge in [-0.05, 0) is 93.0 Å².